The van der Waals surface area contributed by atoms with E-state index in [9.17, 15) is 9.90 Å². The molecule has 0 aliphatic heterocycles. The van der Waals surface area contributed by atoms with Crippen molar-refractivity contribution in [2.45, 2.75) is 6.92 Å². The molecule has 1 aromatic heterocycles. The summed E-state index contributed by atoms with van der Waals surface area (Å²) in [5, 5.41) is 25.0. The highest BCUT2D eigenvalue weighted by atomic mass is 16.3. The van der Waals surface area contributed by atoms with E-state index in [4.69, 9.17) is 5.26 Å². The zero-order valence-electron chi connectivity index (χ0n) is 10.5. The fraction of sp³-hybridized carbons (Fsp3) is 0.154. The molecule has 0 radical (unpaired) electrons. The standard InChI is InChI=1S/C13H12N4O2/c1-8-10(4-3-5-11(8)18)13(19)16-12-9(6-14)7-15-17(12)2/h3-5,7,18H,1-2H3,(H,16,19). The summed E-state index contributed by atoms with van der Waals surface area (Å²) >= 11 is 0. The van der Waals surface area contributed by atoms with Crippen LogP contribution in [0.3, 0.4) is 0 Å². The lowest BCUT2D eigenvalue weighted by Crippen LogP contribution is -2.16. The van der Waals surface area contributed by atoms with E-state index in [1.807, 2.05) is 6.07 Å². The fourth-order valence-corrected chi connectivity index (χ4v) is 1.71. The molecule has 1 amide bonds. The number of aromatic hydroxyl groups is 1. The number of hydrogen-bond acceptors (Lipinski definition) is 4. The molecule has 0 unspecified atom stereocenters. The van der Waals surface area contributed by atoms with Crippen LogP contribution in [-0.4, -0.2) is 20.8 Å². The molecule has 96 valence electrons. The number of nitrogens with one attached hydrogen (secondary N) is 1. The lowest BCUT2D eigenvalue weighted by atomic mass is 10.1. The Kier molecular flexibility index (Phi) is 3.21. The Hall–Kier alpha value is -2.81. The summed E-state index contributed by atoms with van der Waals surface area (Å²) in [4.78, 5) is 12.1. The van der Waals surface area contributed by atoms with Crippen molar-refractivity contribution >= 4 is 11.7 Å². The summed E-state index contributed by atoms with van der Waals surface area (Å²) in [6.45, 7) is 1.65. The van der Waals surface area contributed by atoms with Crippen molar-refractivity contribution in [2.24, 2.45) is 7.05 Å². The lowest BCUT2D eigenvalue weighted by molar-refractivity contribution is 0.102. The Bertz CT molecular complexity index is 682. The maximum atomic E-state index is 12.1. The van der Waals surface area contributed by atoms with Crippen LogP contribution in [0, 0.1) is 18.3 Å². The summed E-state index contributed by atoms with van der Waals surface area (Å²) in [7, 11) is 1.63. The zero-order chi connectivity index (χ0) is 14.0. The van der Waals surface area contributed by atoms with Crippen molar-refractivity contribution in [3.63, 3.8) is 0 Å². The summed E-state index contributed by atoms with van der Waals surface area (Å²) in [6.07, 6.45) is 1.38. The minimum Gasteiger partial charge on any atom is -0.508 e. The maximum Gasteiger partial charge on any atom is 0.257 e. The van der Waals surface area contributed by atoms with Gasteiger partial charge < -0.3 is 10.4 Å². The first-order valence-electron chi connectivity index (χ1n) is 5.56. The molecule has 0 saturated carbocycles. The number of anilines is 1. The number of nitriles is 1. The molecule has 1 heterocycles. The number of carbonyl (C=O) groups excluding carboxylic acids is 1. The van der Waals surface area contributed by atoms with Crippen LogP contribution in [0.4, 0.5) is 5.82 Å². The van der Waals surface area contributed by atoms with Crippen LogP contribution in [0.25, 0.3) is 0 Å². The fourth-order valence-electron chi connectivity index (χ4n) is 1.71. The van der Waals surface area contributed by atoms with Gasteiger partial charge in [-0.3, -0.25) is 9.48 Å². The second-order valence-corrected chi connectivity index (χ2v) is 4.05. The number of aromatic nitrogens is 2. The second kappa shape index (κ2) is 4.82. The summed E-state index contributed by atoms with van der Waals surface area (Å²) in [6, 6.07) is 6.66. The SMILES string of the molecule is Cc1c(O)cccc1C(=O)Nc1c(C#N)cnn1C. The van der Waals surface area contributed by atoms with E-state index in [1.165, 1.54) is 16.9 Å². The van der Waals surface area contributed by atoms with Gasteiger partial charge in [-0.2, -0.15) is 10.4 Å². The van der Waals surface area contributed by atoms with Crippen molar-refractivity contribution in [1.82, 2.24) is 9.78 Å². The van der Waals surface area contributed by atoms with E-state index in [-0.39, 0.29) is 11.3 Å². The van der Waals surface area contributed by atoms with Crippen molar-refractivity contribution < 1.29 is 9.90 Å². The van der Waals surface area contributed by atoms with Crippen molar-refractivity contribution in [3.05, 3.63) is 41.1 Å². The van der Waals surface area contributed by atoms with Crippen LogP contribution in [0.1, 0.15) is 21.5 Å². The largest absolute Gasteiger partial charge is 0.508 e. The van der Waals surface area contributed by atoms with Crippen LogP contribution in [0.5, 0.6) is 5.75 Å². The van der Waals surface area contributed by atoms with Gasteiger partial charge >= 0.3 is 0 Å². The van der Waals surface area contributed by atoms with Crippen LogP contribution < -0.4 is 5.32 Å². The van der Waals surface area contributed by atoms with Gasteiger partial charge in [-0.15, -0.1) is 0 Å². The van der Waals surface area contributed by atoms with Crippen LogP contribution in [-0.2, 0) is 7.05 Å². The van der Waals surface area contributed by atoms with E-state index >= 15 is 0 Å². The monoisotopic (exact) mass is 256 g/mol. The van der Waals surface area contributed by atoms with Crippen LogP contribution in [0.15, 0.2) is 24.4 Å². The molecular formula is C13H12N4O2. The first-order valence-corrected chi connectivity index (χ1v) is 5.56. The van der Waals surface area contributed by atoms with Gasteiger partial charge in [0.05, 0.1) is 6.20 Å². The third kappa shape index (κ3) is 2.26. The van der Waals surface area contributed by atoms with Gasteiger partial charge in [-0.25, -0.2) is 0 Å². The molecule has 0 aliphatic rings. The number of benzene rings is 1. The Morgan fingerprint density at radius 3 is 2.95 bits per heavy atom. The predicted molar refractivity (Wildman–Crippen MR) is 68.7 cm³/mol. The van der Waals surface area contributed by atoms with E-state index < -0.39 is 5.91 Å². The van der Waals surface area contributed by atoms with Gasteiger partial charge in [0.25, 0.3) is 5.91 Å². The smallest absolute Gasteiger partial charge is 0.257 e. The Labute approximate surface area is 109 Å². The van der Waals surface area contributed by atoms with Gasteiger partial charge in [0.1, 0.15) is 23.2 Å². The topological polar surface area (TPSA) is 90.9 Å². The van der Waals surface area contributed by atoms with Crippen LogP contribution >= 0.6 is 0 Å². The molecule has 0 spiro atoms. The highest BCUT2D eigenvalue weighted by Gasteiger charge is 2.15. The molecule has 0 bridgehead atoms. The van der Waals surface area contributed by atoms with Gasteiger partial charge in [0.15, 0.2) is 0 Å². The molecule has 2 N–H and O–H groups in total. The molecule has 0 aliphatic carbocycles. The lowest BCUT2D eigenvalue weighted by Gasteiger charge is -2.09. The number of nitrogens with zero attached hydrogens (tertiary/aromatic N) is 3. The summed E-state index contributed by atoms with van der Waals surface area (Å²) in [5.41, 5.74) is 1.12. The average Bonchev–Trinajstić information content (AvgIpc) is 2.74. The van der Waals surface area contributed by atoms with Crippen molar-refractivity contribution in [2.75, 3.05) is 5.32 Å². The van der Waals surface area contributed by atoms with Crippen LogP contribution in [0.2, 0.25) is 0 Å². The van der Waals surface area contributed by atoms with Gasteiger partial charge in [0.2, 0.25) is 0 Å². The Morgan fingerprint density at radius 2 is 2.26 bits per heavy atom. The molecule has 0 saturated heterocycles. The molecule has 19 heavy (non-hydrogen) atoms. The molecule has 2 aromatic rings. The quantitative estimate of drug-likeness (QED) is 0.853. The van der Waals surface area contributed by atoms with E-state index in [2.05, 4.69) is 10.4 Å². The molecule has 1 aromatic carbocycles. The van der Waals surface area contributed by atoms with Gasteiger partial charge in [0, 0.05) is 18.2 Å². The number of aryl methyl sites for hydroxylation is 1. The number of rotatable bonds is 2. The highest BCUT2D eigenvalue weighted by Crippen LogP contribution is 2.21. The third-order valence-corrected chi connectivity index (χ3v) is 2.84. The average molecular weight is 256 g/mol. The predicted octanol–water partition coefficient (Wildman–Crippen LogP) is 1.56. The number of carbonyl (C=O) groups is 1. The first-order chi connectivity index (χ1) is 9.04. The molecule has 0 atom stereocenters. The second-order valence-electron chi connectivity index (χ2n) is 4.05. The number of phenols is 1. The van der Waals surface area contributed by atoms with E-state index in [0.29, 0.717) is 16.9 Å². The van der Waals surface area contributed by atoms with Crippen molar-refractivity contribution in [1.29, 1.82) is 5.26 Å². The highest BCUT2D eigenvalue weighted by molar-refractivity contribution is 6.05. The molecule has 0 fully saturated rings. The molecule has 6 nitrogen and oxygen atoms in total. The zero-order valence-corrected chi connectivity index (χ0v) is 10.5. The van der Waals surface area contributed by atoms with Gasteiger partial charge in [-0.1, -0.05) is 6.07 Å². The summed E-state index contributed by atoms with van der Waals surface area (Å²) in [5.74, 6) is -0.0121. The first kappa shape index (κ1) is 12.6. The summed E-state index contributed by atoms with van der Waals surface area (Å²) < 4.78 is 1.41. The Balaban J connectivity index is 2.34. The minimum absolute atomic E-state index is 0.0539. The van der Waals surface area contributed by atoms with E-state index in [0.717, 1.165) is 0 Å². The third-order valence-electron chi connectivity index (χ3n) is 2.84. The normalized spacial score (nSPS) is 9.95. The minimum atomic E-state index is -0.395. The van der Waals surface area contributed by atoms with Crippen molar-refractivity contribution in [3.8, 4) is 11.8 Å². The number of phenolic OH excluding ortho intramolecular Hbond substituents is 1. The van der Waals surface area contributed by atoms with E-state index in [1.54, 1.807) is 26.1 Å². The van der Waals surface area contributed by atoms with Gasteiger partial charge in [-0.05, 0) is 19.1 Å². The molecular weight excluding hydrogens is 244 g/mol. The maximum absolute atomic E-state index is 12.1. The molecule has 2 rings (SSSR count). The number of hydrogen-bond donors (Lipinski definition) is 2. The Morgan fingerprint density at radius 1 is 1.53 bits per heavy atom. The molecule has 6 heteroatoms. The number of amides is 1.